The molecule has 172 valence electrons. The zero-order valence-electron chi connectivity index (χ0n) is 17.0. The Balaban J connectivity index is 1.42. The van der Waals surface area contributed by atoms with Crippen LogP contribution in [-0.2, 0) is 16.6 Å². The Bertz CT molecular complexity index is 1270. The molecule has 0 fully saturated rings. The zero-order valence-corrected chi connectivity index (χ0v) is 18.6. The first-order chi connectivity index (χ1) is 15.8. The average Bonchev–Trinajstić information content (AvgIpc) is 3.26. The third kappa shape index (κ3) is 5.74. The number of alkyl halides is 2. The number of carbonyl (C=O) groups is 1. The molecule has 0 unspecified atom stereocenters. The lowest BCUT2D eigenvalue weighted by Gasteiger charge is -2.11. The number of fused-ring (bicyclic) bond motifs is 1. The van der Waals surface area contributed by atoms with E-state index >= 15 is 0 Å². The highest BCUT2D eigenvalue weighted by molar-refractivity contribution is 7.99. The van der Waals surface area contributed by atoms with E-state index < -0.39 is 21.7 Å². The normalized spacial score (nSPS) is 12.6. The molecule has 1 heterocycles. The fourth-order valence-corrected chi connectivity index (χ4v) is 4.66. The number of nitrogens with one attached hydrogen (secondary N) is 2. The minimum Gasteiger partial charge on any atom is -0.454 e. The van der Waals surface area contributed by atoms with E-state index in [1.54, 1.807) is 18.2 Å². The van der Waals surface area contributed by atoms with Crippen LogP contribution in [0.3, 0.4) is 0 Å². The number of rotatable bonds is 8. The van der Waals surface area contributed by atoms with Gasteiger partial charge in [-0.2, -0.15) is 8.78 Å². The van der Waals surface area contributed by atoms with Crippen LogP contribution in [0.5, 0.6) is 11.5 Å². The number of halogens is 2. The van der Waals surface area contributed by atoms with Gasteiger partial charge in [0.05, 0.1) is 4.90 Å². The number of benzene rings is 3. The summed E-state index contributed by atoms with van der Waals surface area (Å²) in [6.45, 7) is 0.368. The molecule has 1 aliphatic heterocycles. The van der Waals surface area contributed by atoms with Crippen LogP contribution >= 0.6 is 11.8 Å². The highest BCUT2D eigenvalue weighted by atomic mass is 32.2. The van der Waals surface area contributed by atoms with E-state index in [9.17, 15) is 22.0 Å². The third-order valence-electron chi connectivity index (χ3n) is 4.63. The van der Waals surface area contributed by atoms with Gasteiger partial charge < -0.3 is 14.8 Å². The Morgan fingerprint density at radius 1 is 1.00 bits per heavy atom. The molecule has 3 aromatic rings. The van der Waals surface area contributed by atoms with Crippen molar-refractivity contribution in [2.24, 2.45) is 0 Å². The van der Waals surface area contributed by atoms with E-state index in [4.69, 9.17) is 9.47 Å². The second-order valence-electron chi connectivity index (χ2n) is 6.91. The Morgan fingerprint density at radius 2 is 1.76 bits per heavy atom. The van der Waals surface area contributed by atoms with Crippen molar-refractivity contribution in [3.05, 3.63) is 77.9 Å². The van der Waals surface area contributed by atoms with E-state index in [-0.39, 0.29) is 29.5 Å². The van der Waals surface area contributed by atoms with Gasteiger partial charge >= 0.3 is 0 Å². The zero-order chi connectivity index (χ0) is 23.4. The predicted molar refractivity (Wildman–Crippen MR) is 119 cm³/mol. The minimum atomic E-state index is -3.99. The molecule has 1 aliphatic rings. The fraction of sp³-hybridized carbons (Fsp3) is 0.136. The maximum Gasteiger partial charge on any atom is 0.288 e. The number of amides is 1. The Kier molecular flexibility index (Phi) is 6.70. The third-order valence-corrected chi connectivity index (χ3v) is 6.73. The molecule has 33 heavy (non-hydrogen) atoms. The number of thioether (sulfide) groups is 1. The molecular formula is C22H18F2N2O5S2. The summed E-state index contributed by atoms with van der Waals surface area (Å²) < 4.78 is 63.3. The maximum absolute atomic E-state index is 12.7. The molecule has 0 aromatic heterocycles. The van der Waals surface area contributed by atoms with Crippen LogP contribution in [0.15, 0.2) is 76.5 Å². The summed E-state index contributed by atoms with van der Waals surface area (Å²) >= 11 is 0.367. The summed E-state index contributed by atoms with van der Waals surface area (Å²) in [5, 5.41) is 2.74. The smallest absolute Gasteiger partial charge is 0.288 e. The second kappa shape index (κ2) is 9.67. The van der Waals surface area contributed by atoms with Crippen LogP contribution in [0.1, 0.15) is 15.9 Å². The van der Waals surface area contributed by atoms with Gasteiger partial charge in [-0.15, -0.1) is 0 Å². The van der Waals surface area contributed by atoms with E-state index in [1.165, 1.54) is 48.5 Å². The lowest BCUT2D eigenvalue weighted by molar-refractivity contribution is 0.0950. The highest BCUT2D eigenvalue weighted by Gasteiger charge is 2.18. The van der Waals surface area contributed by atoms with Crippen molar-refractivity contribution in [1.82, 2.24) is 5.32 Å². The quantitative estimate of drug-likeness (QED) is 0.451. The second-order valence-corrected chi connectivity index (χ2v) is 9.65. The molecular weight excluding hydrogens is 474 g/mol. The number of anilines is 1. The summed E-state index contributed by atoms with van der Waals surface area (Å²) in [7, 11) is -3.99. The molecule has 0 radical (unpaired) electrons. The van der Waals surface area contributed by atoms with Gasteiger partial charge in [-0.25, -0.2) is 8.42 Å². The average molecular weight is 493 g/mol. The number of carbonyl (C=O) groups excluding carboxylic acids is 1. The van der Waals surface area contributed by atoms with Gasteiger partial charge in [-0.3, -0.25) is 9.52 Å². The molecule has 7 nitrogen and oxygen atoms in total. The van der Waals surface area contributed by atoms with Crippen molar-refractivity contribution in [3.63, 3.8) is 0 Å². The van der Waals surface area contributed by atoms with Crippen molar-refractivity contribution in [2.45, 2.75) is 22.1 Å². The minimum absolute atomic E-state index is 0.107. The number of hydrogen-bond acceptors (Lipinski definition) is 6. The molecule has 2 N–H and O–H groups in total. The van der Waals surface area contributed by atoms with Crippen LogP contribution in [0.4, 0.5) is 14.5 Å². The summed E-state index contributed by atoms with van der Waals surface area (Å²) in [5.41, 5.74) is 1.18. The standard InChI is InChI=1S/C22H18F2N2O5S2/c23-22(24)32-17-7-5-16(6-8-17)26-33(28,29)18-3-1-2-15(11-18)21(27)25-12-14-4-9-19-20(10-14)31-13-30-19/h1-11,22,26H,12-13H2,(H,25,27). The number of sulfonamides is 1. The first-order valence-corrected chi connectivity index (χ1v) is 12.0. The molecule has 1 amide bonds. The van der Waals surface area contributed by atoms with Gasteiger partial charge in [0, 0.05) is 22.7 Å². The van der Waals surface area contributed by atoms with Crippen LogP contribution in [0.25, 0.3) is 0 Å². The first kappa shape index (κ1) is 22.9. The van der Waals surface area contributed by atoms with Gasteiger partial charge in [-0.1, -0.05) is 23.9 Å². The molecule has 0 bridgehead atoms. The van der Waals surface area contributed by atoms with Gasteiger partial charge in [-0.05, 0) is 60.2 Å². The largest absolute Gasteiger partial charge is 0.454 e. The van der Waals surface area contributed by atoms with Crippen molar-refractivity contribution in [2.75, 3.05) is 11.5 Å². The molecule has 0 saturated heterocycles. The molecule has 0 aliphatic carbocycles. The van der Waals surface area contributed by atoms with Crippen LogP contribution in [-0.4, -0.2) is 26.9 Å². The molecule has 0 saturated carbocycles. The topological polar surface area (TPSA) is 93.7 Å². The van der Waals surface area contributed by atoms with Crippen molar-refractivity contribution >= 4 is 33.4 Å². The van der Waals surface area contributed by atoms with Crippen molar-refractivity contribution in [3.8, 4) is 11.5 Å². The first-order valence-electron chi connectivity index (χ1n) is 9.65. The highest BCUT2D eigenvalue weighted by Crippen LogP contribution is 2.32. The predicted octanol–water partition coefficient (Wildman–Crippen LogP) is 4.46. The lowest BCUT2D eigenvalue weighted by atomic mass is 10.2. The van der Waals surface area contributed by atoms with E-state index in [0.717, 1.165) is 5.56 Å². The fourth-order valence-electron chi connectivity index (χ4n) is 3.06. The van der Waals surface area contributed by atoms with E-state index in [1.807, 2.05) is 0 Å². The molecule has 0 spiro atoms. The lowest BCUT2D eigenvalue weighted by Crippen LogP contribution is -2.23. The van der Waals surface area contributed by atoms with E-state index in [0.29, 0.717) is 28.2 Å². The van der Waals surface area contributed by atoms with Crippen LogP contribution in [0, 0.1) is 0 Å². The number of hydrogen-bond donors (Lipinski definition) is 2. The van der Waals surface area contributed by atoms with Crippen LogP contribution < -0.4 is 19.5 Å². The Morgan fingerprint density at radius 3 is 2.52 bits per heavy atom. The van der Waals surface area contributed by atoms with Gasteiger partial charge in [0.1, 0.15) is 0 Å². The molecule has 0 atom stereocenters. The summed E-state index contributed by atoms with van der Waals surface area (Å²) in [6, 6.07) is 16.5. The summed E-state index contributed by atoms with van der Waals surface area (Å²) in [6.07, 6.45) is 0. The molecule has 11 heteroatoms. The SMILES string of the molecule is O=C(NCc1ccc2c(c1)OCO2)c1cccc(S(=O)(=O)Nc2ccc(SC(F)F)cc2)c1. The monoisotopic (exact) mass is 492 g/mol. The molecule has 4 rings (SSSR count). The number of ether oxygens (including phenoxy) is 2. The van der Waals surface area contributed by atoms with Crippen molar-refractivity contribution in [1.29, 1.82) is 0 Å². The summed E-state index contributed by atoms with van der Waals surface area (Å²) in [5.74, 6) is -1.77. The van der Waals surface area contributed by atoms with Crippen LogP contribution in [0.2, 0.25) is 0 Å². The Labute approximate surface area is 193 Å². The summed E-state index contributed by atoms with van der Waals surface area (Å²) in [4.78, 5) is 12.8. The molecule has 3 aromatic carbocycles. The van der Waals surface area contributed by atoms with Gasteiger partial charge in [0.15, 0.2) is 11.5 Å². The van der Waals surface area contributed by atoms with Gasteiger partial charge in [0.25, 0.3) is 21.7 Å². The van der Waals surface area contributed by atoms with E-state index in [2.05, 4.69) is 10.0 Å². The maximum atomic E-state index is 12.7. The Hall–Kier alpha value is -3.31. The van der Waals surface area contributed by atoms with Gasteiger partial charge in [0.2, 0.25) is 6.79 Å². The van der Waals surface area contributed by atoms with Crippen molar-refractivity contribution < 1.29 is 31.5 Å².